The van der Waals surface area contributed by atoms with E-state index in [4.69, 9.17) is 28.9 Å². The van der Waals surface area contributed by atoms with Crippen LogP contribution in [-0.2, 0) is 53.2 Å². The lowest BCUT2D eigenvalue weighted by Crippen LogP contribution is -2.39. The second-order valence-corrected chi connectivity index (χ2v) is 13.5. The molecule has 0 aromatic heterocycles. The highest BCUT2D eigenvalue weighted by Crippen LogP contribution is 2.32. The van der Waals surface area contributed by atoms with Crippen molar-refractivity contribution < 1.29 is 14.4 Å². The Hall–Kier alpha value is -4.17. The first kappa shape index (κ1) is 36.1. The van der Waals surface area contributed by atoms with Gasteiger partial charge in [-0.1, -0.05) is 96.0 Å². The van der Waals surface area contributed by atoms with Crippen LogP contribution in [0.4, 0.5) is 0 Å². The van der Waals surface area contributed by atoms with Gasteiger partial charge >= 0.3 is 0 Å². The Morgan fingerprint density at radius 3 is 1.61 bits per heavy atom. The fourth-order valence-electron chi connectivity index (χ4n) is 6.91. The Morgan fingerprint density at radius 2 is 1.14 bits per heavy atom. The number of nitrogens with two attached hydrogens (primary N) is 1. The molecule has 256 valence electrons. The van der Waals surface area contributed by atoms with E-state index in [0.29, 0.717) is 36.1 Å². The maximum atomic E-state index is 13.0. The van der Waals surface area contributed by atoms with Gasteiger partial charge in [-0.05, 0) is 83.3 Å². The van der Waals surface area contributed by atoms with Gasteiger partial charge in [0, 0.05) is 43.1 Å². The molecule has 3 N–H and O–H groups in total. The van der Waals surface area contributed by atoms with Crippen LogP contribution >= 0.6 is 23.2 Å². The molecule has 2 atom stereocenters. The number of fused-ring (bicyclic) bond motifs is 2. The molecule has 0 aliphatic carbocycles. The molecule has 2 aliphatic rings. The van der Waals surface area contributed by atoms with E-state index >= 15 is 0 Å². The predicted molar refractivity (Wildman–Crippen MR) is 196 cm³/mol. The minimum Gasteiger partial charge on any atom is -0.352 e. The SMILES string of the molecule is CC(=O)NCc1cccc(Cl)c1CC(=O)N1CCc2ccccc2[C@@H]1C.C[C@H]1c2ccccc2CCN1C(=O)Cc1c(Cl)cccc1CN. The molecule has 0 fully saturated rings. The highest BCUT2D eigenvalue weighted by Gasteiger charge is 2.29. The lowest BCUT2D eigenvalue weighted by Gasteiger charge is -2.35. The Morgan fingerprint density at radius 1 is 0.694 bits per heavy atom. The second-order valence-electron chi connectivity index (χ2n) is 12.6. The number of amides is 3. The molecule has 4 aromatic carbocycles. The van der Waals surface area contributed by atoms with Gasteiger partial charge in [0.2, 0.25) is 17.7 Å². The number of nitrogens with one attached hydrogen (secondary N) is 1. The number of nitrogens with zero attached hydrogens (tertiary/aromatic N) is 2. The number of hydrogen-bond donors (Lipinski definition) is 2. The molecule has 4 aromatic rings. The van der Waals surface area contributed by atoms with Crippen molar-refractivity contribution in [2.75, 3.05) is 13.1 Å². The molecule has 9 heteroatoms. The van der Waals surface area contributed by atoms with Crippen molar-refractivity contribution in [1.82, 2.24) is 15.1 Å². The van der Waals surface area contributed by atoms with E-state index < -0.39 is 0 Å². The lowest BCUT2D eigenvalue weighted by atomic mass is 9.93. The zero-order valence-electron chi connectivity index (χ0n) is 28.3. The van der Waals surface area contributed by atoms with E-state index in [1.807, 2.05) is 58.3 Å². The molecular formula is C40H44Cl2N4O3. The maximum Gasteiger partial charge on any atom is 0.227 e. The van der Waals surface area contributed by atoms with Gasteiger partial charge in [-0.2, -0.15) is 0 Å². The van der Waals surface area contributed by atoms with Crippen LogP contribution in [0.15, 0.2) is 84.9 Å². The van der Waals surface area contributed by atoms with Crippen LogP contribution in [0.3, 0.4) is 0 Å². The quantitative estimate of drug-likeness (QED) is 0.214. The molecule has 0 unspecified atom stereocenters. The minimum atomic E-state index is -0.108. The van der Waals surface area contributed by atoms with E-state index in [1.165, 1.54) is 29.2 Å². The van der Waals surface area contributed by atoms with Gasteiger partial charge in [-0.15, -0.1) is 0 Å². The van der Waals surface area contributed by atoms with Crippen molar-refractivity contribution in [2.24, 2.45) is 5.73 Å². The van der Waals surface area contributed by atoms with Gasteiger partial charge in [-0.25, -0.2) is 0 Å². The molecule has 0 spiro atoms. The van der Waals surface area contributed by atoms with Gasteiger partial charge in [0.1, 0.15) is 0 Å². The zero-order valence-corrected chi connectivity index (χ0v) is 29.9. The molecule has 3 amide bonds. The van der Waals surface area contributed by atoms with Crippen LogP contribution < -0.4 is 11.1 Å². The van der Waals surface area contributed by atoms with E-state index in [9.17, 15) is 14.4 Å². The van der Waals surface area contributed by atoms with Crippen LogP contribution in [0.25, 0.3) is 0 Å². The number of rotatable bonds is 7. The summed E-state index contributed by atoms with van der Waals surface area (Å²) in [5.74, 6) is 0.0579. The van der Waals surface area contributed by atoms with Gasteiger partial charge in [0.05, 0.1) is 24.9 Å². The Labute approximate surface area is 299 Å². The number of carbonyl (C=O) groups is 3. The zero-order chi connectivity index (χ0) is 35.1. The summed E-state index contributed by atoms with van der Waals surface area (Å²) in [6, 6.07) is 27.9. The van der Waals surface area contributed by atoms with Crippen LogP contribution in [0.1, 0.15) is 77.4 Å². The minimum absolute atomic E-state index is 0.0498. The topological polar surface area (TPSA) is 95.7 Å². The summed E-state index contributed by atoms with van der Waals surface area (Å²) in [7, 11) is 0. The van der Waals surface area contributed by atoms with E-state index in [2.05, 4.69) is 49.5 Å². The molecule has 49 heavy (non-hydrogen) atoms. The van der Waals surface area contributed by atoms with E-state index in [1.54, 1.807) is 6.07 Å². The predicted octanol–water partition coefficient (Wildman–Crippen LogP) is 7.15. The first-order valence-electron chi connectivity index (χ1n) is 16.8. The van der Waals surface area contributed by atoms with Crippen molar-refractivity contribution in [3.05, 3.63) is 139 Å². The first-order chi connectivity index (χ1) is 23.6. The largest absolute Gasteiger partial charge is 0.352 e. The normalized spacial score (nSPS) is 16.5. The van der Waals surface area contributed by atoms with Gasteiger partial charge in [0.25, 0.3) is 0 Å². The molecule has 0 saturated carbocycles. The van der Waals surface area contributed by atoms with E-state index in [0.717, 1.165) is 41.6 Å². The van der Waals surface area contributed by atoms with Crippen LogP contribution in [0, 0.1) is 0 Å². The van der Waals surface area contributed by atoms with Gasteiger partial charge in [0.15, 0.2) is 0 Å². The lowest BCUT2D eigenvalue weighted by molar-refractivity contribution is -0.133. The van der Waals surface area contributed by atoms with Crippen LogP contribution in [0.2, 0.25) is 10.0 Å². The fraction of sp³-hybridized carbons (Fsp3) is 0.325. The Kier molecular flexibility index (Phi) is 12.2. The molecule has 0 bridgehead atoms. The summed E-state index contributed by atoms with van der Waals surface area (Å²) in [5.41, 5.74) is 14.4. The maximum absolute atomic E-state index is 13.0. The van der Waals surface area contributed by atoms with Crippen molar-refractivity contribution in [2.45, 2.75) is 71.6 Å². The van der Waals surface area contributed by atoms with Crippen molar-refractivity contribution >= 4 is 40.9 Å². The number of carbonyl (C=O) groups excluding carboxylic acids is 3. The molecule has 0 saturated heterocycles. The average molecular weight is 700 g/mol. The monoisotopic (exact) mass is 698 g/mol. The number of hydrogen-bond acceptors (Lipinski definition) is 4. The van der Waals surface area contributed by atoms with Crippen molar-refractivity contribution in [3.8, 4) is 0 Å². The van der Waals surface area contributed by atoms with Crippen LogP contribution in [0.5, 0.6) is 0 Å². The third-order valence-electron chi connectivity index (χ3n) is 9.67. The third kappa shape index (κ3) is 8.53. The highest BCUT2D eigenvalue weighted by atomic mass is 35.5. The highest BCUT2D eigenvalue weighted by molar-refractivity contribution is 6.32. The smallest absolute Gasteiger partial charge is 0.227 e. The third-order valence-corrected chi connectivity index (χ3v) is 10.4. The number of benzene rings is 4. The standard InChI is InChI=1S/C21H23ClN2O2.C19H21ClN2O/c1-14-18-8-4-3-6-16(18)10-11-24(14)21(26)12-19-17(13-23-15(2)25)7-5-9-20(19)22;1-13-16-7-3-2-5-14(16)9-10-22(13)19(23)11-17-15(12-21)6-4-8-18(17)20/h3-9,14H,10-13H2,1-2H3,(H,23,25);2-8,13H,9-12,21H2,1H3/t14-;13-/m00/s1. The van der Waals surface area contributed by atoms with Crippen molar-refractivity contribution in [1.29, 1.82) is 0 Å². The van der Waals surface area contributed by atoms with Gasteiger partial charge < -0.3 is 20.9 Å². The molecule has 2 heterocycles. The van der Waals surface area contributed by atoms with Gasteiger partial charge in [-0.3, -0.25) is 14.4 Å². The molecule has 7 nitrogen and oxygen atoms in total. The summed E-state index contributed by atoms with van der Waals surface area (Å²) in [6.45, 7) is 7.86. The molecule has 2 aliphatic heterocycles. The Bertz CT molecular complexity index is 1830. The van der Waals surface area contributed by atoms with Crippen LogP contribution in [-0.4, -0.2) is 40.6 Å². The summed E-state index contributed by atoms with van der Waals surface area (Å²) in [6.07, 6.45) is 2.31. The van der Waals surface area contributed by atoms with Crippen molar-refractivity contribution in [3.63, 3.8) is 0 Å². The molecular weight excluding hydrogens is 655 g/mol. The summed E-state index contributed by atoms with van der Waals surface area (Å²) in [5, 5.41) is 3.96. The fourth-order valence-corrected chi connectivity index (χ4v) is 7.43. The first-order valence-corrected chi connectivity index (χ1v) is 17.6. The molecule has 6 rings (SSSR count). The second kappa shape index (κ2) is 16.5. The Balaban J connectivity index is 0.000000192. The van der Waals surface area contributed by atoms with E-state index in [-0.39, 0.29) is 36.2 Å². The number of halogens is 2. The summed E-state index contributed by atoms with van der Waals surface area (Å²) < 4.78 is 0. The summed E-state index contributed by atoms with van der Waals surface area (Å²) >= 11 is 12.6. The molecule has 0 radical (unpaired) electrons. The average Bonchev–Trinajstić information content (AvgIpc) is 3.10. The summed E-state index contributed by atoms with van der Waals surface area (Å²) in [4.78, 5) is 40.9.